The average molecular weight is 256 g/mol. The summed E-state index contributed by atoms with van der Waals surface area (Å²) in [6.45, 7) is 3.56. The number of nitrogens with zero attached hydrogens (tertiary/aromatic N) is 4. The lowest BCUT2D eigenvalue weighted by molar-refractivity contribution is -0.00521. The van der Waals surface area contributed by atoms with Crippen LogP contribution in [-0.4, -0.2) is 39.1 Å². The van der Waals surface area contributed by atoms with Crippen LogP contribution in [0.3, 0.4) is 0 Å². The summed E-state index contributed by atoms with van der Waals surface area (Å²) < 4.78 is 7.95. The van der Waals surface area contributed by atoms with Crippen molar-refractivity contribution < 1.29 is 4.74 Å². The highest BCUT2D eigenvalue weighted by atomic mass is 16.5. The molecule has 2 aliphatic rings. The number of aromatic nitrogens is 3. The van der Waals surface area contributed by atoms with Crippen LogP contribution in [0.15, 0.2) is 36.5 Å². The Morgan fingerprint density at radius 1 is 1.21 bits per heavy atom. The summed E-state index contributed by atoms with van der Waals surface area (Å²) >= 11 is 0. The molecular weight excluding hydrogens is 240 g/mol. The lowest BCUT2D eigenvalue weighted by Gasteiger charge is -2.25. The van der Waals surface area contributed by atoms with Crippen LogP contribution in [0.2, 0.25) is 0 Å². The molecule has 5 nitrogen and oxygen atoms in total. The fraction of sp³-hybridized carbons (Fsp3) is 0.429. The van der Waals surface area contributed by atoms with E-state index in [1.807, 2.05) is 4.68 Å². The second-order valence-corrected chi connectivity index (χ2v) is 5.27. The van der Waals surface area contributed by atoms with Gasteiger partial charge in [-0.1, -0.05) is 35.5 Å². The van der Waals surface area contributed by atoms with E-state index in [9.17, 15) is 0 Å². The summed E-state index contributed by atoms with van der Waals surface area (Å²) in [6.07, 6.45) is 2.05. The SMILES string of the molecule is c1ccc(CN2C[C@@H]3[C@@H](C2)OCc2cnnn23)cc1. The van der Waals surface area contributed by atoms with E-state index in [1.165, 1.54) is 5.56 Å². The van der Waals surface area contributed by atoms with Crippen molar-refractivity contribution in [2.45, 2.75) is 25.3 Å². The molecule has 1 aromatic carbocycles. The van der Waals surface area contributed by atoms with Crippen molar-refractivity contribution >= 4 is 0 Å². The molecule has 0 amide bonds. The average Bonchev–Trinajstić information content (AvgIpc) is 3.04. The van der Waals surface area contributed by atoms with Gasteiger partial charge in [0.1, 0.15) is 0 Å². The first kappa shape index (κ1) is 11.1. The van der Waals surface area contributed by atoms with Gasteiger partial charge in [0.05, 0.1) is 30.6 Å². The predicted molar refractivity (Wildman–Crippen MR) is 69.4 cm³/mol. The van der Waals surface area contributed by atoms with E-state index in [1.54, 1.807) is 6.20 Å². The quantitative estimate of drug-likeness (QED) is 0.810. The molecule has 0 N–H and O–H groups in total. The highest BCUT2D eigenvalue weighted by Crippen LogP contribution is 2.30. The molecule has 0 unspecified atom stereocenters. The smallest absolute Gasteiger partial charge is 0.0944 e. The highest BCUT2D eigenvalue weighted by Gasteiger charge is 2.39. The molecule has 2 atom stereocenters. The van der Waals surface area contributed by atoms with Crippen LogP contribution in [0.1, 0.15) is 17.3 Å². The van der Waals surface area contributed by atoms with Gasteiger partial charge in [0.15, 0.2) is 0 Å². The summed E-state index contributed by atoms with van der Waals surface area (Å²) in [4.78, 5) is 2.43. The lowest BCUT2D eigenvalue weighted by Crippen LogP contribution is -2.32. The Labute approximate surface area is 111 Å². The van der Waals surface area contributed by atoms with E-state index in [0.717, 1.165) is 25.3 Å². The minimum Gasteiger partial charge on any atom is -0.368 e. The molecule has 1 saturated heterocycles. The van der Waals surface area contributed by atoms with Gasteiger partial charge in [0.25, 0.3) is 0 Å². The lowest BCUT2D eigenvalue weighted by atomic mass is 10.2. The standard InChI is InChI=1S/C14H16N4O/c1-2-4-11(5-3-1)7-17-8-13-14(9-17)19-10-12-6-15-16-18(12)13/h1-6,13-14H,7-10H2/t13-,14-/m1/s1. The topological polar surface area (TPSA) is 43.2 Å². The maximum atomic E-state index is 5.91. The van der Waals surface area contributed by atoms with Crippen molar-refractivity contribution in [3.05, 3.63) is 47.8 Å². The fourth-order valence-electron chi connectivity index (χ4n) is 3.04. The van der Waals surface area contributed by atoms with Gasteiger partial charge >= 0.3 is 0 Å². The van der Waals surface area contributed by atoms with E-state index in [2.05, 4.69) is 45.5 Å². The van der Waals surface area contributed by atoms with Gasteiger partial charge in [0.2, 0.25) is 0 Å². The van der Waals surface area contributed by atoms with E-state index in [-0.39, 0.29) is 6.10 Å². The van der Waals surface area contributed by atoms with E-state index < -0.39 is 0 Å². The number of ether oxygens (including phenoxy) is 1. The Morgan fingerprint density at radius 3 is 3.00 bits per heavy atom. The molecule has 2 aliphatic heterocycles. The normalized spacial score (nSPS) is 26.1. The summed E-state index contributed by atoms with van der Waals surface area (Å²) in [7, 11) is 0. The van der Waals surface area contributed by atoms with Crippen molar-refractivity contribution in [2.24, 2.45) is 0 Å². The first-order chi connectivity index (χ1) is 9.40. The van der Waals surface area contributed by atoms with Crippen LogP contribution in [0.25, 0.3) is 0 Å². The molecule has 0 aliphatic carbocycles. The van der Waals surface area contributed by atoms with Gasteiger partial charge in [0, 0.05) is 19.6 Å². The number of hydrogen-bond acceptors (Lipinski definition) is 4. The van der Waals surface area contributed by atoms with E-state index in [4.69, 9.17) is 4.74 Å². The third-order valence-electron chi connectivity index (χ3n) is 3.97. The van der Waals surface area contributed by atoms with Crippen LogP contribution in [0.4, 0.5) is 0 Å². The minimum atomic E-state index is 0.248. The van der Waals surface area contributed by atoms with Crippen LogP contribution >= 0.6 is 0 Å². The van der Waals surface area contributed by atoms with Gasteiger partial charge in [-0.05, 0) is 5.56 Å². The number of rotatable bonds is 2. The molecule has 0 bridgehead atoms. The summed E-state index contributed by atoms with van der Waals surface area (Å²) in [5.74, 6) is 0. The zero-order valence-corrected chi connectivity index (χ0v) is 10.6. The molecule has 4 rings (SSSR count). The monoisotopic (exact) mass is 256 g/mol. The van der Waals surface area contributed by atoms with Gasteiger partial charge in [-0.25, -0.2) is 4.68 Å². The number of likely N-dealkylation sites (tertiary alicyclic amines) is 1. The van der Waals surface area contributed by atoms with Crippen molar-refractivity contribution in [1.29, 1.82) is 0 Å². The molecule has 0 radical (unpaired) electrons. The number of fused-ring (bicyclic) bond motifs is 3. The number of benzene rings is 1. The molecule has 5 heteroatoms. The Bertz CT molecular complexity index is 568. The van der Waals surface area contributed by atoms with Crippen molar-refractivity contribution in [2.75, 3.05) is 13.1 Å². The summed E-state index contributed by atoms with van der Waals surface area (Å²) in [5, 5.41) is 8.19. The molecule has 1 aromatic heterocycles. The molecule has 98 valence electrons. The number of hydrogen-bond donors (Lipinski definition) is 0. The van der Waals surface area contributed by atoms with Gasteiger partial charge in [-0.15, -0.1) is 5.10 Å². The highest BCUT2D eigenvalue weighted by molar-refractivity contribution is 5.15. The summed E-state index contributed by atoms with van der Waals surface area (Å²) in [6, 6.07) is 10.9. The molecule has 2 aromatic rings. The minimum absolute atomic E-state index is 0.248. The maximum absolute atomic E-state index is 5.91. The van der Waals surface area contributed by atoms with Crippen LogP contribution in [-0.2, 0) is 17.9 Å². The Kier molecular flexibility index (Phi) is 2.60. The molecule has 0 saturated carbocycles. The van der Waals surface area contributed by atoms with Crippen molar-refractivity contribution in [3.63, 3.8) is 0 Å². The Morgan fingerprint density at radius 2 is 2.11 bits per heavy atom. The third-order valence-corrected chi connectivity index (χ3v) is 3.97. The summed E-state index contributed by atoms with van der Waals surface area (Å²) in [5.41, 5.74) is 2.43. The Hall–Kier alpha value is -1.72. The first-order valence-electron chi connectivity index (χ1n) is 6.67. The van der Waals surface area contributed by atoms with Gasteiger partial charge < -0.3 is 4.74 Å². The second kappa shape index (κ2) is 4.43. The molecule has 19 heavy (non-hydrogen) atoms. The van der Waals surface area contributed by atoms with E-state index in [0.29, 0.717) is 12.6 Å². The zero-order valence-electron chi connectivity index (χ0n) is 10.6. The first-order valence-corrected chi connectivity index (χ1v) is 6.67. The largest absolute Gasteiger partial charge is 0.368 e. The zero-order chi connectivity index (χ0) is 12.7. The van der Waals surface area contributed by atoms with Gasteiger partial charge in [-0.2, -0.15) is 0 Å². The molecular formula is C14H16N4O. The van der Waals surface area contributed by atoms with Gasteiger partial charge in [-0.3, -0.25) is 4.90 Å². The van der Waals surface area contributed by atoms with Crippen LogP contribution < -0.4 is 0 Å². The fourth-order valence-corrected chi connectivity index (χ4v) is 3.04. The third kappa shape index (κ3) is 1.95. The van der Waals surface area contributed by atoms with E-state index >= 15 is 0 Å². The Balaban J connectivity index is 1.52. The second-order valence-electron chi connectivity index (χ2n) is 5.27. The predicted octanol–water partition coefficient (Wildman–Crippen LogP) is 1.23. The van der Waals surface area contributed by atoms with Crippen molar-refractivity contribution in [3.8, 4) is 0 Å². The molecule has 0 spiro atoms. The molecule has 1 fully saturated rings. The molecule has 3 heterocycles. The van der Waals surface area contributed by atoms with Crippen LogP contribution in [0.5, 0.6) is 0 Å². The maximum Gasteiger partial charge on any atom is 0.0944 e. The van der Waals surface area contributed by atoms with Crippen LogP contribution in [0, 0.1) is 0 Å². The van der Waals surface area contributed by atoms with Crippen molar-refractivity contribution in [1.82, 2.24) is 19.9 Å².